The molecule has 3 aromatic rings. The Morgan fingerprint density at radius 2 is 1.68 bits per heavy atom. The normalized spacial score (nSPS) is 10.6. The molecule has 0 aliphatic rings. The maximum absolute atomic E-state index is 5.88. The first-order chi connectivity index (χ1) is 9.36. The molecule has 0 N–H and O–H groups in total. The van der Waals surface area contributed by atoms with Crippen LogP contribution in [0.25, 0.3) is 10.8 Å². The van der Waals surface area contributed by atoms with E-state index in [2.05, 4.69) is 4.98 Å². The van der Waals surface area contributed by atoms with Gasteiger partial charge in [-0.05, 0) is 29.7 Å². The van der Waals surface area contributed by atoms with Crippen LogP contribution in [-0.4, -0.2) is 4.98 Å². The van der Waals surface area contributed by atoms with Gasteiger partial charge in [0, 0.05) is 5.39 Å². The molecule has 0 unspecified atom stereocenters. The minimum atomic E-state index is 0.371. The summed E-state index contributed by atoms with van der Waals surface area (Å²) in [5.41, 5.74) is 0.811. The van der Waals surface area contributed by atoms with E-state index in [0.29, 0.717) is 11.8 Å². The molecule has 0 saturated carbocycles. The lowest BCUT2D eigenvalue weighted by Gasteiger charge is -2.09. The lowest BCUT2D eigenvalue weighted by atomic mass is 10.1. The van der Waals surface area contributed by atoms with Gasteiger partial charge in [-0.1, -0.05) is 36.4 Å². The van der Waals surface area contributed by atoms with Crippen molar-refractivity contribution in [1.82, 2.24) is 4.98 Å². The third-order valence-corrected chi connectivity index (χ3v) is 3.13. The highest BCUT2D eigenvalue weighted by Gasteiger charge is 2.07. The molecule has 0 aliphatic heterocycles. The number of aromatic nitrogens is 1. The summed E-state index contributed by atoms with van der Waals surface area (Å²) in [5, 5.41) is 2.07. The molecule has 0 amide bonds. The SMILES string of the molecule is ClCc1cc2ccccc2c(Oc2ccccc2)n1. The van der Waals surface area contributed by atoms with Crippen LogP contribution in [0.3, 0.4) is 0 Å². The quantitative estimate of drug-likeness (QED) is 0.639. The Bertz CT molecular complexity index is 697. The van der Waals surface area contributed by atoms with Gasteiger partial charge in [-0.15, -0.1) is 11.6 Å². The summed E-state index contributed by atoms with van der Waals surface area (Å²) in [5.74, 6) is 1.74. The lowest BCUT2D eigenvalue weighted by molar-refractivity contribution is 0.468. The third kappa shape index (κ3) is 2.54. The molecular formula is C16H12ClNO. The average molecular weight is 270 g/mol. The number of rotatable bonds is 3. The van der Waals surface area contributed by atoms with Crippen molar-refractivity contribution in [3.8, 4) is 11.6 Å². The van der Waals surface area contributed by atoms with Gasteiger partial charge in [0.15, 0.2) is 0 Å². The van der Waals surface area contributed by atoms with Crippen molar-refractivity contribution in [3.63, 3.8) is 0 Å². The number of halogens is 1. The molecule has 19 heavy (non-hydrogen) atoms. The van der Waals surface area contributed by atoms with E-state index in [-0.39, 0.29) is 0 Å². The summed E-state index contributed by atoms with van der Waals surface area (Å²) >= 11 is 5.88. The Morgan fingerprint density at radius 3 is 2.47 bits per heavy atom. The fourth-order valence-electron chi connectivity index (χ4n) is 1.97. The molecule has 0 saturated heterocycles. The summed E-state index contributed by atoms with van der Waals surface area (Å²) in [6.07, 6.45) is 0. The van der Waals surface area contributed by atoms with Crippen molar-refractivity contribution >= 4 is 22.4 Å². The summed E-state index contributed by atoms with van der Waals surface area (Å²) in [7, 11) is 0. The van der Waals surface area contributed by atoms with Gasteiger partial charge in [0.05, 0.1) is 11.6 Å². The number of fused-ring (bicyclic) bond motifs is 1. The number of benzene rings is 2. The van der Waals surface area contributed by atoms with Crippen molar-refractivity contribution in [1.29, 1.82) is 0 Å². The number of pyridine rings is 1. The second-order valence-electron chi connectivity index (χ2n) is 4.19. The maximum Gasteiger partial charge on any atom is 0.227 e. The first kappa shape index (κ1) is 12.0. The maximum atomic E-state index is 5.88. The van der Waals surface area contributed by atoms with E-state index in [1.807, 2.05) is 60.7 Å². The molecule has 3 rings (SSSR count). The van der Waals surface area contributed by atoms with Crippen LogP contribution in [0.5, 0.6) is 11.6 Å². The first-order valence-corrected chi connectivity index (χ1v) is 6.58. The van der Waals surface area contributed by atoms with E-state index in [9.17, 15) is 0 Å². The lowest BCUT2D eigenvalue weighted by Crippen LogP contribution is -1.93. The van der Waals surface area contributed by atoms with E-state index < -0.39 is 0 Å². The molecule has 0 radical (unpaired) electrons. The van der Waals surface area contributed by atoms with Gasteiger partial charge in [-0.2, -0.15) is 0 Å². The van der Waals surface area contributed by atoms with Crippen LogP contribution in [0.1, 0.15) is 5.69 Å². The molecule has 0 bridgehead atoms. The third-order valence-electron chi connectivity index (χ3n) is 2.85. The molecule has 1 aromatic heterocycles. The Labute approximate surface area is 116 Å². The Balaban J connectivity index is 2.11. The average Bonchev–Trinajstić information content (AvgIpc) is 2.48. The highest BCUT2D eigenvalue weighted by atomic mass is 35.5. The van der Waals surface area contributed by atoms with Crippen LogP contribution < -0.4 is 4.74 Å². The van der Waals surface area contributed by atoms with Gasteiger partial charge in [-0.25, -0.2) is 4.98 Å². The molecule has 2 aromatic carbocycles. The van der Waals surface area contributed by atoms with Crippen LogP contribution in [0, 0.1) is 0 Å². The van der Waals surface area contributed by atoms with E-state index in [1.54, 1.807) is 0 Å². The molecule has 0 atom stereocenters. The monoisotopic (exact) mass is 269 g/mol. The van der Waals surface area contributed by atoms with Crippen LogP contribution in [0.2, 0.25) is 0 Å². The summed E-state index contributed by atoms with van der Waals surface area (Å²) in [6, 6.07) is 19.6. The predicted molar refractivity (Wildman–Crippen MR) is 77.8 cm³/mol. The van der Waals surface area contributed by atoms with Crippen molar-refractivity contribution in [3.05, 3.63) is 66.4 Å². The molecular weight excluding hydrogens is 258 g/mol. The van der Waals surface area contributed by atoms with Crippen molar-refractivity contribution in [2.45, 2.75) is 5.88 Å². The van der Waals surface area contributed by atoms with Crippen molar-refractivity contribution in [2.75, 3.05) is 0 Å². The molecule has 3 heteroatoms. The molecule has 2 nitrogen and oxygen atoms in total. The standard InChI is InChI=1S/C16H12ClNO/c17-11-13-10-12-6-4-5-9-15(12)16(18-13)19-14-7-2-1-3-8-14/h1-10H,11H2. The molecule has 0 aliphatic carbocycles. The first-order valence-electron chi connectivity index (χ1n) is 6.04. The topological polar surface area (TPSA) is 22.1 Å². The molecule has 0 spiro atoms. The number of hydrogen-bond donors (Lipinski definition) is 0. The van der Waals surface area contributed by atoms with Gasteiger partial charge in [-0.3, -0.25) is 0 Å². The largest absolute Gasteiger partial charge is 0.438 e. The fraction of sp³-hybridized carbons (Fsp3) is 0.0625. The van der Waals surface area contributed by atoms with Gasteiger partial charge in [0.25, 0.3) is 0 Å². The Hall–Kier alpha value is -2.06. The Kier molecular flexibility index (Phi) is 3.34. The van der Waals surface area contributed by atoms with E-state index in [1.165, 1.54) is 0 Å². The highest BCUT2D eigenvalue weighted by Crippen LogP contribution is 2.28. The number of ether oxygens (including phenoxy) is 1. The van der Waals surface area contributed by atoms with E-state index >= 15 is 0 Å². The van der Waals surface area contributed by atoms with Crippen LogP contribution in [-0.2, 0) is 5.88 Å². The summed E-state index contributed by atoms with van der Waals surface area (Å²) in [4.78, 5) is 4.46. The van der Waals surface area contributed by atoms with Crippen LogP contribution >= 0.6 is 11.6 Å². The molecule has 0 fully saturated rings. The number of nitrogens with zero attached hydrogens (tertiary/aromatic N) is 1. The molecule has 94 valence electrons. The van der Waals surface area contributed by atoms with Gasteiger partial charge >= 0.3 is 0 Å². The van der Waals surface area contributed by atoms with E-state index in [0.717, 1.165) is 22.2 Å². The molecule has 1 heterocycles. The highest BCUT2D eigenvalue weighted by molar-refractivity contribution is 6.17. The fourth-order valence-corrected chi connectivity index (χ4v) is 2.10. The predicted octanol–water partition coefficient (Wildman–Crippen LogP) is 4.77. The van der Waals surface area contributed by atoms with E-state index in [4.69, 9.17) is 16.3 Å². The van der Waals surface area contributed by atoms with Gasteiger partial charge in [0.1, 0.15) is 5.75 Å². The Morgan fingerprint density at radius 1 is 0.947 bits per heavy atom. The van der Waals surface area contributed by atoms with Gasteiger partial charge < -0.3 is 4.74 Å². The number of para-hydroxylation sites is 1. The minimum Gasteiger partial charge on any atom is -0.438 e. The zero-order valence-corrected chi connectivity index (χ0v) is 11.0. The zero-order valence-electron chi connectivity index (χ0n) is 10.2. The summed E-state index contributed by atoms with van der Waals surface area (Å²) < 4.78 is 5.86. The second-order valence-corrected chi connectivity index (χ2v) is 4.46. The van der Waals surface area contributed by atoms with Crippen LogP contribution in [0.15, 0.2) is 60.7 Å². The minimum absolute atomic E-state index is 0.371. The number of hydrogen-bond acceptors (Lipinski definition) is 2. The van der Waals surface area contributed by atoms with Crippen molar-refractivity contribution in [2.24, 2.45) is 0 Å². The van der Waals surface area contributed by atoms with Crippen LogP contribution in [0.4, 0.5) is 0 Å². The second kappa shape index (κ2) is 5.29. The summed E-state index contributed by atoms with van der Waals surface area (Å²) in [6.45, 7) is 0. The zero-order chi connectivity index (χ0) is 13.1. The van der Waals surface area contributed by atoms with Crippen molar-refractivity contribution < 1.29 is 4.74 Å². The van der Waals surface area contributed by atoms with Gasteiger partial charge in [0.2, 0.25) is 5.88 Å². The number of alkyl halides is 1. The smallest absolute Gasteiger partial charge is 0.227 e.